The van der Waals surface area contributed by atoms with Gasteiger partial charge in [-0.2, -0.15) is 0 Å². The fourth-order valence-corrected chi connectivity index (χ4v) is 7.09. The zero-order valence-electron chi connectivity index (χ0n) is 32.2. The smallest absolute Gasteiger partial charge is 0.329 e. The number of morpholine rings is 1. The lowest BCUT2D eigenvalue weighted by atomic mass is 9.93. The van der Waals surface area contributed by atoms with Crippen LogP contribution >= 0.6 is 0 Å². The number of hydrogen-bond donors (Lipinski definition) is 0. The molecule has 2 saturated heterocycles. The fourth-order valence-electron chi connectivity index (χ4n) is 7.09. The minimum atomic E-state index is -0.747. The second kappa shape index (κ2) is 19.9. The quantitative estimate of drug-likeness (QED) is 0.106. The van der Waals surface area contributed by atoms with E-state index in [1.54, 1.807) is 37.3 Å². The van der Waals surface area contributed by atoms with Crippen LogP contribution in [0.25, 0.3) is 0 Å². The van der Waals surface area contributed by atoms with Crippen LogP contribution in [0.15, 0.2) is 67.3 Å². The molecule has 2 fully saturated rings. The lowest BCUT2D eigenvalue weighted by Crippen LogP contribution is -2.44. The molecule has 0 saturated carbocycles. The van der Waals surface area contributed by atoms with Gasteiger partial charge in [-0.25, -0.2) is 4.79 Å². The number of methoxy groups -OCH3 is 5. The first kappa shape index (κ1) is 40.2. The Morgan fingerprint density at radius 3 is 2.24 bits per heavy atom. The number of hydrogen-bond acceptors (Lipinski definition) is 11. The Bertz CT molecular complexity index is 1680. The summed E-state index contributed by atoms with van der Waals surface area (Å²) in [7, 11) is 7.81. The number of nitrogens with zero attached hydrogens (tertiary/aromatic N) is 2. The monoisotopic (exact) mass is 746 g/mol. The van der Waals surface area contributed by atoms with E-state index in [1.165, 1.54) is 21.3 Å². The van der Waals surface area contributed by atoms with Gasteiger partial charge < -0.3 is 42.8 Å². The van der Waals surface area contributed by atoms with Crippen molar-refractivity contribution in [2.24, 2.45) is 0 Å². The molecule has 54 heavy (non-hydrogen) atoms. The van der Waals surface area contributed by atoms with Crippen LogP contribution in [-0.4, -0.2) is 109 Å². The van der Waals surface area contributed by atoms with Crippen molar-refractivity contribution in [2.45, 2.75) is 50.2 Å². The van der Waals surface area contributed by atoms with Crippen LogP contribution in [0.3, 0.4) is 0 Å². The third-order valence-electron chi connectivity index (χ3n) is 10.0. The van der Waals surface area contributed by atoms with Crippen molar-refractivity contribution in [3.63, 3.8) is 0 Å². The molecule has 0 spiro atoms. The molecule has 1 amide bonds. The van der Waals surface area contributed by atoms with Crippen LogP contribution < -0.4 is 28.4 Å². The van der Waals surface area contributed by atoms with Gasteiger partial charge in [0.25, 0.3) is 0 Å². The summed E-state index contributed by atoms with van der Waals surface area (Å²) >= 11 is 0. The Balaban J connectivity index is 1.36. The van der Waals surface area contributed by atoms with E-state index in [-0.39, 0.29) is 5.91 Å². The number of allylic oxidation sites excluding steroid dienone is 1. The molecule has 12 nitrogen and oxygen atoms in total. The number of ether oxygens (including phenoxy) is 8. The van der Waals surface area contributed by atoms with Crippen molar-refractivity contribution in [3.8, 4) is 34.5 Å². The van der Waals surface area contributed by atoms with Gasteiger partial charge in [-0.05, 0) is 85.2 Å². The molecular formula is C42H54N2O10. The Morgan fingerprint density at radius 1 is 0.852 bits per heavy atom. The van der Waals surface area contributed by atoms with Crippen molar-refractivity contribution < 1.29 is 47.5 Å². The van der Waals surface area contributed by atoms with Gasteiger partial charge in [0, 0.05) is 26.2 Å². The Kier molecular flexibility index (Phi) is 14.9. The number of carbonyl (C=O) groups is 2. The lowest BCUT2D eigenvalue weighted by Gasteiger charge is -2.29. The number of carbonyl (C=O) groups excluding carboxylic acids is 2. The first-order chi connectivity index (χ1) is 26.3. The van der Waals surface area contributed by atoms with E-state index < -0.39 is 24.0 Å². The van der Waals surface area contributed by atoms with Crippen molar-refractivity contribution >= 4 is 11.9 Å². The van der Waals surface area contributed by atoms with E-state index in [1.807, 2.05) is 42.5 Å². The minimum absolute atomic E-state index is 0.193. The van der Waals surface area contributed by atoms with Crippen LogP contribution in [0.4, 0.5) is 0 Å². The average Bonchev–Trinajstić information content (AvgIpc) is 3.71. The van der Waals surface area contributed by atoms with E-state index in [0.717, 1.165) is 44.0 Å². The first-order valence-electron chi connectivity index (χ1n) is 18.5. The van der Waals surface area contributed by atoms with Crippen molar-refractivity contribution in [1.82, 2.24) is 9.80 Å². The molecule has 0 bridgehead atoms. The molecule has 0 N–H and O–H groups in total. The van der Waals surface area contributed by atoms with Crippen molar-refractivity contribution in [1.29, 1.82) is 0 Å². The number of benzene rings is 3. The van der Waals surface area contributed by atoms with Gasteiger partial charge >= 0.3 is 5.97 Å². The van der Waals surface area contributed by atoms with E-state index in [2.05, 4.69) is 11.5 Å². The zero-order chi connectivity index (χ0) is 38.5. The summed E-state index contributed by atoms with van der Waals surface area (Å²) in [4.78, 5) is 32.5. The highest BCUT2D eigenvalue weighted by molar-refractivity contribution is 5.90. The van der Waals surface area contributed by atoms with Crippen LogP contribution in [-0.2, 0) is 25.5 Å². The standard InChI is InChI=1S/C42H54N2O10/c1-7-10-33(31-27-38(49-4)40(51-6)39(28-31)50-5)41(45)44-18-9-13-34(44)42(46)54-35(16-14-29-15-17-36(47-2)37(25-29)48-3)30-11-8-12-32(26-30)53-24-21-43-19-22-52-23-20-43/h7-8,11-12,15,17,25-28,33-35H,1,9-10,13-14,16,18-24H2,2-6H3/t33-,34-,35+/m0/s1. The summed E-state index contributed by atoms with van der Waals surface area (Å²) in [6.07, 6.45) is 3.69. The van der Waals surface area contributed by atoms with Gasteiger partial charge in [0.2, 0.25) is 11.7 Å². The highest BCUT2D eigenvalue weighted by Gasteiger charge is 2.39. The Hall–Kier alpha value is -4.94. The normalized spacial score (nSPS) is 16.9. The molecule has 5 rings (SSSR count). The van der Waals surface area contributed by atoms with Gasteiger partial charge in [-0.1, -0.05) is 24.3 Å². The number of esters is 1. The molecule has 0 aromatic heterocycles. The maximum absolute atomic E-state index is 14.4. The molecule has 2 heterocycles. The number of rotatable bonds is 19. The molecule has 3 atom stereocenters. The lowest BCUT2D eigenvalue weighted by molar-refractivity contribution is -0.159. The van der Waals surface area contributed by atoms with Gasteiger partial charge in [0.1, 0.15) is 24.5 Å². The predicted molar refractivity (Wildman–Crippen MR) is 204 cm³/mol. The first-order valence-corrected chi connectivity index (χ1v) is 18.5. The second-order valence-corrected chi connectivity index (χ2v) is 13.3. The summed E-state index contributed by atoms with van der Waals surface area (Å²) in [5.41, 5.74) is 2.49. The third-order valence-corrected chi connectivity index (χ3v) is 10.0. The van der Waals surface area contributed by atoms with E-state index in [0.29, 0.717) is 85.3 Å². The van der Waals surface area contributed by atoms with Crippen molar-refractivity contribution in [2.75, 3.05) is 81.5 Å². The summed E-state index contributed by atoms with van der Waals surface area (Å²) < 4.78 is 45.6. The molecule has 3 aromatic carbocycles. The molecule has 0 radical (unpaired) electrons. The fraction of sp³-hybridized carbons (Fsp3) is 0.476. The molecule has 0 unspecified atom stereocenters. The minimum Gasteiger partial charge on any atom is -0.493 e. The van der Waals surface area contributed by atoms with Crippen LogP contribution in [0.2, 0.25) is 0 Å². The van der Waals surface area contributed by atoms with Crippen LogP contribution in [0, 0.1) is 0 Å². The summed E-state index contributed by atoms with van der Waals surface area (Å²) in [6, 6.07) is 16.3. The maximum Gasteiger partial charge on any atom is 0.329 e. The largest absolute Gasteiger partial charge is 0.493 e. The number of aryl methyl sites for hydroxylation is 1. The molecular weight excluding hydrogens is 692 g/mol. The van der Waals surface area contributed by atoms with E-state index in [4.69, 9.17) is 37.9 Å². The van der Waals surface area contributed by atoms with E-state index >= 15 is 0 Å². The molecule has 12 heteroatoms. The second-order valence-electron chi connectivity index (χ2n) is 13.3. The maximum atomic E-state index is 14.4. The highest BCUT2D eigenvalue weighted by atomic mass is 16.5. The highest BCUT2D eigenvalue weighted by Crippen LogP contribution is 2.42. The topological polar surface area (TPSA) is 114 Å². The van der Waals surface area contributed by atoms with Crippen LogP contribution in [0.5, 0.6) is 34.5 Å². The molecule has 292 valence electrons. The average molecular weight is 747 g/mol. The molecule has 2 aliphatic rings. The van der Waals surface area contributed by atoms with Gasteiger partial charge in [-0.3, -0.25) is 9.69 Å². The molecule has 0 aliphatic carbocycles. The van der Waals surface area contributed by atoms with Gasteiger partial charge in [0.05, 0.1) is 54.7 Å². The van der Waals surface area contributed by atoms with Gasteiger partial charge in [-0.15, -0.1) is 6.58 Å². The number of amides is 1. The Morgan fingerprint density at radius 2 is 1.57 bits per heavy atom. The van der Waals surface area contributed by atoms with Crippen molar-refractivity contribution in [3.05, 3.63) is 83.9 Å². The summed E-state index contributed by atoms with van der Waals surface area (Å²) in [6.45, 7) is 8.89. The Labute approximate surface area is 318 Å². The third kappa shape index (κ3) is 9.97. The summed E-state index contributed by atoms with van der Waals surface area (Å²) in [5, 5.41) is 0. The SMILES string of the molecule is C=CC[C@H](C(=O)N1CCC[C@H]1C(=O)O[C@H](CCc1ccc(OC)c(OC)c1)c1cccc(OCCN2CCOCC2)c1)c1cc(OC)c(OC)c(OC)c1. The molecule has 3 aromatic rings. The zero-order valence-corrected chi connectivity index (χ0v) is 32.2. The van der Waals surface area contributed by atoms with Gasteiger partial charge in [0.15, 0.2) is 23.0 Å². The number of likely N-dealkylation sites (tertiary alicyclic amines) is 1. The van der Waals surface area contributed by atoms with Crippen LogP contribution in [0.1, 0.15) is 54.4 Å². The molecule has 2 aliphatic heterocycles. The summed E-state index contributed by atoms with van der Waals surface area (Å²) in [5.74, 6) is 2.01. The predicted octanol–water partition coefficient (Wildman–Crippen LogP) is 6.01. The van der Waals surface area contributed by atoms with E-state index in [9.17, 15) is 9.59 Å².